The van der Waals surface area contributed by atoms with Gasteiger partial charge in [-0.25, -0.2) is 4.79 Å². The predicted molar refractivity (Wildman–Crippen MR) is 129 cm³/mol. The van der Waals surface area contributed by atoms with E-state index in [1.54, 1.807) is 19.3 Å². The van der Waals surface area contributed by atoms with Crippen molar-refractivity contribution in [1.82, 2.24) is 0 Å². The lowest BCUT2D eigenvalue weighted by molar-refractivity contribution is -0.145. The van der Waals surface area contributed by atoms with Gasteiger partial charge in [0.1, 0.15) is 18.0 Å². The summed E-state index contributed by atoms with van der Waals surface area (Å²) >= 11 is 0. The number of methoxy groups -OCH3 is 1. The third-order valence-corrected chi connectivity index (χ3v) is 10.1. The van der Waals surface area contributed by atoms with Crippen molar-refractivity contribution in [2.75, 3.05) is 7.11 Å². The van der Waals surface area contributed by atoms with Crippen molar-refractivity contribution in [3.63, 3.8) is 0 Å². The zero-order valence-corrected chi connectivity index (χ0v) is 21.4. The molecular formula is C25H40O5Si. The SMILES string of the molecule is C=C[C@@H](O[Si](C)(C)C(C)(C)C)[C@H](C)OC(=O)/C=C/C[C@H](C)OCc1ccc(OC)cc1. The number of hydrogen-bond donors (Lipinski definition) is 0. The van der Waals surface area contributed by atoms with E-state index in [1.165, 1.54) is 6.08 Å². The molecule has 5 nitrogen and oxygen atoms in total. The monoisotopic (exact) mass is 448 g/mol. The van der Waals surface area contributed by atoms with Crippen LogP contribution < -0.4 is 4.74 Å². The topological polar surface area (TPSA) is 54.0 Å². The first kappa shape index (κ1) is 27.1. The zero-order chi connectivity index (χ0) is 23.7. The van der Waals surface area contributed by atoms with E-state index < -0.39 is 14.4 Å². The first-order valence-corrected chi connectivity index (χ1v) is 13.7. The molecule has 1 aromatic carbocycles. The van der Waals surface area contributed by atoms with Crippen LogP contribution in [0.25, 0.3) is 0 Å². The summed E-state index contributed by atoms with van der Waals surface area (Å²) in [5, 5.41) is 0.0693. The van der Waals surface area contributed by atoms with Crippen LogP contribution in [0.2, 0.25) is 18.1 Å². The second kappa shape index (κ2) is 12.2. The lowest BCUT2D eigenvalue weighted by Gasteiger charge is -2.39. The largest absolute Gasteiger partial charge is 0.497 e. The number of benzene rings is 1. The van der Waals surface area contributed by atoms with Gasteiger partial charge in [-0.05, 0) is 56.1 Å². The van der Waals surface area contributed by atoms with Crippen LogP contribution in [0.4, 0.5) is 0 Å². The van der Waals surface area contributed by atoms with E-state index in [1.807, 2.05) is 38.1 Å². The van der Waals surface area contributed by atoms with Gasteiger partial charge < -0.3 is 18.6 Å². The molecule has 1 aromatic rings. The molecule has 0 aliphatic carbocycles. The van der Waals surface area contributed by atoms with E-state index in [4.69, 9.17) is 18.6 Å². The Balaban J connectivity index is 2.46. The molecule has 0 spiro atoms. The summed E-state index contributed by atoms with van der Waals surface area (Å²) in [5.41, 5.74) is 1.07. The highest BCUT2D eigenvalue weighted by atomic mass is 28.4. The smallest absolute Gasteiger partial charge is 0.330 e. The molecule has 0 amide bonds. The fourth-order valence-corrected chi connectivity index (χ4v) is 3.85. The van der Waals surface area contributed by atoms with E-state index in [9.17, 15) is 4.79 Å². The molecule has 0 saturated heterocycles. The number of rotatable bonds is 12. The summed E-state index contributed by atoms with van der Waals surface area (Å²) in [6, 6.07) is 7.77. The summed E-state index contributed by atoms with van der Waals surface area (Å²) in [7, 11) is -0.346. The van der Waals surface area contributed by atoms with Gasteiger partial charge in [0.2, 0.25) is 0 Å². The van der Waals surface area contributed by atoms with Crippen LogP contribution in [0, 0.1) is 0 Å². The molecule has 0 aromatic heterocycles. The Labute approximate surface area is 189 Å². The third kappa shape index (κ3) is 9.42. The molecule has 0 aliphatic rings. The van der Waals surface area contributed by atoms with E-state index in [0.29, 0.717) is 13.0 Å². The Morgan fingerprint density at radius 1 is 1.16 bits per heavy atom. The maximum atomic E-state index is 12.2. The summed E-state index contributed by atoms with van der Waals surface area (Å²) in [6.45, 7) is 19.1. The molecule has 0 radical (unpaired) electrons. The summed E-state index contributed by atoms with van der Waals surface area (Å²) in [4.78, 5) is 12.2. The van der Waals surface area contributed by atoms with Crippen molar-refractivity contribution < 1.29 is 23.4 Å². The fourth-order valence-electron chi connectivity index (χ4n) is 2.53. The van der Waals surface area contributed by atoms with Crippen molar-refractivity contribution in [1.29, 1.82) is 0 Å². The van der Waals surface area contributed by atoms with E-state index in [2.05, 4.69) is 40.4 Å². The zero-order valence-electron chi connectivity index (χ0n) is 20.4. The van der Waals surface area contributed by atoms with Gasteiger partial charge in [0.05, 0.1) is 19.8 Å². The average molecular weight is 449 g/mol. The van der Waals surface area contributed by atoms with Crippen LogP contribution in [0.3, 0.4) is 0 Å². The number of esters is 1. The van der Waals surface area contributed by atoms with Gasteiger partial charge in [-0.3, -0.25) is 0 Å². The fraction of sp³-hybridized carbons (Fsp3) is 0.560. The lowest BCUT2D eigenvalue weighted by atomic mass is 10.2. The van der Waals surface area contributed by atoms with Crippen LogP contribution in [-0.4, -0.2) is 39.7 Å². The third-order valence-electron chi connectivity index (χ3n) is 5.65. The summed E-state index contributed by atoms with van der Waals surface area (Å²) in [6.07, 6.45) is 4.81. The van der Waals surface area contributed by atoms with Gasteiger partial charge in [0.15, 0.2) is 8.32 Å². The Hall–Kier alpha value is -1.89. The minimum absolute atomic E-state index is 0.0218. The molecule has 1 rings (SSSR count). The van der Waals surface area contributed by atoms with Gasteiger partial charge in [-0.2, -0.15) is 0 Å². The Morgan fingerprint density at radius 2 is 1.77 bits per heavy atom. The van der Waals surface area contributed by atoms with Crippen molar-refractivity contribution >= 4 is 14.3 Å². The van der Waals surface area contributed by atoms with Crippen LogP contribution in [0.15, 0.2) is 49.1 Å². The maximum Gasteiger partial charge on any atom is 0.330 e. The highest BCUT2D eigenvalue weighted by Gasteiger charge is 2.40. The number of ether oxygens (including phenoxy) is 3. The van der Waals surface area contributed by atoms with Gasteiger partial charge in [0, 0.05) is 6.08 Å². The van der Waals surface area contributed by atoms with E-state index in [-0.39, 0.29) is 23.2 Å². The molecule has 0 unspecified atom stereocenters. The molecule has 0 fully saturated rings. The molecule has 3 atom stereocenters. The van der Waals surface area contributed by atoms with Crippen LogP contribution in [0.5, 0.6) is 5.75 Å². The predicted octanol–water partition coefficient (Wildman–Crippen LogP) is 6.05. The maximum absolute atomic E-state index is 12.2. The quantitative estimate of drug-likeness (QED) is 0.168. The van der Waals surface area contributed by atoms with Crippen molar-refractivity contribution in [2.24, 2.45) is 0 Å². The molecule has 0 saturated carbocycles. The second-order valence-corrected chi connectivity index (χ2v) is 14.1. The Bertz CT molecular complexity index is 718. The molecule has 31 heavy (non-hydrogen) atoms. The highest BCUT2D eigenvalue weighted by molar-refractivity contribution is 6.74. The lowest BCUT2D eigenvalue weighted by Crippen LogP contribution is -2.46. The molecule has 6 heteroatoms. The standard InChI is InChI=1S/C25H40O5Si/c1-10-23(30-31(8,9)25(4,5)6)20(3)29-24(26)13-11-12-19(2)28-18-21-14-16-22(27-7)17-15-21/h10-11,13-17,19-20,23H,1,12,18H2,2-9H3/b13-11+/t19-,20-,23+/m0/s1. The van der Waals surface area contributed by atoms with Crippen molar-refractivity contribution in [3.05, 3.63) is 54.6 Å². The number of carbonyl (C=O) groups excluding carboxylic acids is 1. The Morgan fingerprint density at radius 3 is 2.29 bits per heavy atom. The van der Waals surface area contributed by atoms with Gasteiger partial charge in [-0.1, -0.05) is 45.1 Å². The molecule has 0 bridgehead atoms. The molecule has 0 N–H and O–H groups in total. The second-order valence-electron chi connectivity index (χ2n) is 9.33. The molecule has 0 heterocycles. The summed E-state index contributed by atoms with van der Waals surface area (Å²) < 4.78 is 22.9. The average Bonchev–Trinajstić information content (AvgIpc) is 2.69. The van der Waals surface area contributed by atoms with Crippen LogP contribution in [-0.2, 0) is 25.3 Å². The molecule has 0 aliphatic heterocycles. The van der Waals surface area contributed by atoms with Crippen molar-refractivity contribution in [2.45, 2.75) is 84.1 Å². The minimum Gasteiger partial charge on any atom is -0.497 e. The first-order valence-electron chi connectivity index (χ1n) is 10.8. The number of hydrogen-bond acceptors (Lipinski definition) is 5. The van der Waals surface area contributed by atoms with Gasteiger partial charge >= 0.3 is 5.97 Å². The van der Waals surface area contributed by atoms with Crippen molar-refractivity contribution in [3.8, 4) is 5.75 Å². The highest BCUT2D eigenvalue weighted by Crippen LogP contribution is 2.37. The molecule has 174 valence electrons. The molecular weight excluding hydrogens is 408 g/mol. The first-order chi connectivity index (χ1) is 14.4. The van der Waals surface area contributed by atoms with Crippen LogP contribution in [0.1, 0.15) is 46.6 Å². The minimum atomic E-state index is -1.99. The van der Waals surface area contributed by atoms with E-state index >= 15 is 0 Å². The number of carbonyl (C=O) groups is 1. The van der Waals surface area contributed by atoms with Gasteiger partial charge in [0.25, 0.3) is 0 Å². The normalized spacial score (nSPS) is 15.4. The summed E-state index contributed by atoms with van der Waals surface area (Å²) in [5.74, 6) is 0.432. The van der Waals surface area contributed by atoms with Gasteiger partial charge in [-0.15, -0.1) is 6.58 Å². The Kier molecular flexibility index (Phi) is 10.7. The van der Waals surface area contributed by atoms with Crippen LogP contribution >= 0.6 is 0 Å². The van der Waals surface area contributed by atoms with E-state index in [0.717, 1.165) is 11.3 Å².